The molecule has 1 aromatic carbocycles. The molecule has 0 amide bonds. The van der Waals surface area contributed by atoms with E-state index in [9.17, 15) is 0 Å². The SMILES string of the molecule is CC1=Cc2ccccc2C1[Si](C)(C)C1=CC=CC1. The van der Waals surface area contributed by atoms with Crippen molar-refractivity contribution in [1.82, 2.24) is 0 Å². The van der Waals surface area contributed by atoms with Crippen LogP contribution in [0.15, 0.2) is 53.3 Å². The first-order chi connectivity index (χ1) is 8.60. The minimum absolute atomic E-state index is 0.667. The van der Waals surface area contributed by atoms with Gasteiger partial charge >= 0.3 is 0 Å². The van der Waals surface area contributed by atoms with Crippen LogP contribution < -0.4 is 0 Å². The van der Waals surface area contributed by atoms with Crippen molar-refractivity contribution >= 4 is 14.1 Å². The highest BCUT2D eigenvalue weighted by molar-refractivity contribution is 6.86. The summed E-state index contributed by atoms with van der Waals surface area (Å²) in [5.41, 5.74) is 5.21. The summed E-state index contributed by atoms with van der Waals surface area (Å²) in [5.74, 6) is 0. The molecule has 18 heavy (non-hydrogen) atoms. The Morgan fingerprint density at radius 1 is 1.17 bits per heavy atom. The van der Waals surface area contributed by atoms with Gasteiger partial charge in [-0.1, -0.05) is 72.4 Å². The molecule has 0 saturated carbocycles. The van der Waals surface area contributed by atoms with Gasteiger partial charge in [0.05, 0.1) is 8.07 Å². The lowest BCUT2D eigenvalue weighted by Gasteiger charge is -2.33. The molecule has 0 spiro atoms. The van der Waals surface area contributed by atoms with Gasteiger partial charge in [0.25, 0.3) is 0 Å². The molecule has 0 saturated heterocycles. The fraction of sp³-hybridized carbons (Fsp3) is 0.294. The van der Waals surface area contributed by atoms with Gasteiger partial charge < -0.3 is 0 Å². The Morgan fingerprint density at radius 3 is 2.67 bits per heavy atom. The van der Waals surface area contributed by atoms with E-state index in [4.69, 9.17) is 0 Å². The zero-order valence-electron chi connectivity index (χ0n) is 11.4. The predicted molar refractivity (Wildman–Crippen MR) is 82.2 cm³/mol. The van der Waals surface area contributed by atoms with Crippen LogP contribution >= 0.6 is 0 Å². The number of fused-ring (bicyclic) bond motifs is 1. The predicted octanol–water partition coefficient (Wildman–Crippen LogP) is 4.86. The van der Waals surface area contributed by atoms with E-state index < -0.39 is 8.07 Å². The molecule has 0 radical (unpaired) electrons. The van der Waals surface area contributed by atoms with E-state index in [1.165, 1.54) is 12.0 Å². The molecule has 1 heteroatoms. The van der Waals surface area contributed by atoms with Gasteiger partial charge in [-0.2, -0.15) is 0 Å². The lowest BCUT2D eigenvalue weighted by atomic mass is 10.1. The maximum absolute atomic E-state index is 2.52. The molecular formula is C17H20Si. The van der Waals surface area contributed by atoms with Crippen molar-refractivity contribution < 1.29 is 0 Å². The molecule has 0 fully saturated rings. The molecule has 1 atom stereocenters. The summed E-state index contributed by atoms with van der Waals surface area (Å²) >= 11 is 0. The lowest BCUT2D eigenvalue weighted by Crippen LogP contribution is -2.37. The third-order valence-corrected chi connectivity index (χ3v) is 8.70. The molecule has 0 nitrogen and oxygen atoms in total. The van der Waals surface area contributed by atoms with Crippen LogP contribution in [0.1, 0.15) is 30.0 Å². The summed E-state index contributed by atoms with van der Waals surface area (Å²) in [6.07, 6.45) is 10.4. The second-order valence-electron chi connectivity index (χ2n) is 6.00. The highest BCUT2D eigenvalue weighted by Gasteiger charge is 2.40. The summed E-state index contributed by atoms with van der Waals surface area (Å²) in [4.78, 5) is 0. The number of benzene rings is 1. The number of hydrogen-bond acceptors (Lipinski definition) is 0. The summed E-state index contributed by atoms with van der Waals surface area (Å²) in [5, 5.41) is 1.69. The molecule has 0 bridgehead atoms. The van der Waals surface area contributed by atoms with E-state index in [0.717, 1.165) is 0 Å². The van der Waals surface area contributed by atoms with E-state index in [1.54, 1.807) is 16.3 Å². The Bertz CT molecular complexity index is 573. The second-order valence-corrected chi connectivity index (χ2v) is 10.7. The van der Waals surface area contributed by atoms with Gasteiger partial charge in [0.1, 0.15) is 0 Å². The Labute approximate surface area is 111 Å². The molecule has 2 aliphatic rings. The Hall–Kier alpha value is -1.34. The minimum atomic E-state index is -1.42. The van der Waals surface area contributed by atoms with Crippen molar-refractivity contribution in [3.05, 3.63) is 64.4 Å². The molecule has 92 valence electrons. The molecule has 0 N–H and O–H groups in total. The molecular weight excluding hydrogens is 232 g/mol. The van der Waals surface area contributed by atoms with Crippen LogP contribution in [0.25, 0.3) is 6.08 Å². The van der Waals surface area contributed by atoms with Crippen LogP contribution in [-0.2, 0) is 0 Å². The molecule has 2 aliphatic carbocycles. The van der Waals surface area contributed by atoms with Gasteiger partial charge in [-0.3, -0.25) is 0 Å². The standard InChI is InChI=1S/C17H20Si/c1-13-12-14-8-4-7-11-16(14)17(13)18(2,3)15-9-5-6-10-15/h4-9,11-12,17H,10H2,1-3H3. The second kappa shape index (κ2) is 4.10. The molecule has 3 rings (SSSR count). The summed E-state index contributed by atoms with van der Waals surface area (Å²) in [7, 11) is -1.42. The zero-order chi connectivity index (χ0) is 12.8. The molecule has 0 aliphatic heterocycles. The maximum atomic E-state index is 2.52. The summed E-state index contributed by atoms with van der Waals surface area (Å²) in [6.45, 7) is 7.36. The van der Waals surface area contributed by atoms with Crippen LogP contribution in [0.3, 0.4) is 0 Å². The van der Waals surface area contributed by atoms with Crippen molar-refractivity contribution in [3.8, 4) is 0 Å². The van der Waals surface area contributed by atoms with Crippen LogP contribution in [0.4, 0.5) is 0 Å². The van der Waals surface area contributed by atoms with Gasteiger partial charge in [0.2, 0.25) is 0 Å². The van der Waals surface area contributed by atoms with E-state index in [0.29, 0.717) is 5.54 Å². The average Bonchev–Trinajstić information content (AvgIpc) is 2.94. The first kappa shape index (κ1) is 11.7. The normalized spacial score (nSPS) is 21.8. The summed E-state index contributed by atoms with van der Waals surface area (Å²) in [6, 6.07) is 8.91. The quantitative estimate of drug-likeness (QED) is 0.659. The van der Waals surface area contributed by atoms with Crippen molar-refractivity contribution in [1.29, 1.82) is 0 Å². The number of allylic oxidation sites excluding steroid dienone is 5. The van der Waals surface area contributed by atoms with Crippen LogP contribution in [-0.4, -0.2) is 8.07 Å². The molecule has 1 aromatic rings. The molecule has 0 heterocycles. The number of rotatable bonds is 2. The zero-order valence-corrected chi connectivity index (χ0v) is 12.4. The minimum Gasteiger partial charge on any atom is -0.0809 e. The molecule has 1 unspecified atom stereocenters. The van der Waals surface area contributed by atoms with Gasteiger partial charge in [-0.15, -0.1) is 0 Å². The average molecular weight is 252 g/mol. The highest BCUT2D eigenvalue weighted by Crippen LogP contribution is 2.45. The monoisotopic (exact) mass is 252 g/mol. The van der Waals surface area contributed by atoms with Crippen molar-refractivity contribution in [2.75, 3.05) is 0 Å². The Kier molecular flexibility index (Phi) is 2.67. The largest absolute Gasteiger partial charge is 0.0876 e. The van der Waals surface area contributed by atoms with E-state index in [2.05, 4.69) is 68.6 Å². The van der Waals surface area contributed by atoms with Gasteiger partial charge in [-0.05, 0) is 24.5 Å². The Balaban J connectivity index is 2.05. The Morgan fingerprint density at radius 2 is 1.94 bits per heavy atom. The van der Waals surface area contributed by atoms with E-state index in [-0.39, 0.29) is 0 Å². The van der Waals surface area contributed by atoms with Crippen molar-refractivity contribution in [2.45, 2.75) is 32.0 Å². The number of hydrogen-bond donors (Lipinski definition) is 0. The smallest absolute Gasteiger partial charge is 0.0809 e. The van der Waals surface area contributed by atoms with Crippen molar-refractivity contribution in [2.24, 2.45) is 0 Å². The van der Waals surface area contributed by atoms with E-state index in [1.807, 2.05) is 0 Å². The third kappa shape index (κ3) is 1.65. The van der Waals surface area contributed by atoms with Crippen LogP contribution in [0.5, 0.6) is 0 Å². The summed E-state index contributed by atoms with van der Waals surface area (Å²) < 4.78 is 0. The fourth-order valence-corrected chi connectivity index (χ4v) is 7.35. The highest BCUT2D eigenvalue weighted by atomic mass is 28.3. The van der Waals surface area contributed by atoms with Gasteiger partial charge in [0, 0.05) is 5.54 Å². The van der Waals surface area contributed by atoms with Crippen molar-refractivity contribution in [3.63, 3.8) is 0 Å². The van der Waals surface area contributed by atoms with Crippen LogP contribution in [0.2, 0.25) is 13.1 Å². The maximum Gasteiger partial charge on any atom is 0.0876 e. The van der Waals surface area contributed by atoms with Gasteiger partial charge in [-0.25, -0.2) is 0 Å². The first-order valence-corrected chi connectivity index (χ1v) is 9.82. The third-order valence-electron chi connectivity index (χ3n) is 4.47. The fourth-order valence-electron chi connectivity index (χ4n) is 3.55. The van der Waals surface area contributed by atoms with E-state index >= 15 is 0 Å². The topological polar surface area (TPSA) is 0 Å². The van der Waals surface area contributed by atoms with Gasteiger partial charge in [0.15, 0.2) is 0 Å². The lowest BCUT2D eigenvalue weighted by molar-refractivity contribution is 1.06. The first-order valence-electron chi connectivity index (χ1n) is 6.74. The molecule has 0 aromatic heterocycles. The van der Waals surface area contributed by atoms with Crippen LogP contribution in [0, 0.1) is 0 Å².